The van der Waals surface area contributed by atoms with Crippen molar-refractivity contribution in [3.05, 3.63) is 65.1 Å². The van der Waals surface area contributed by atoms with E-state index >= 15 is 0 Å². The van der Waals surface area contributed by atoms with Crippen molar-refractivity contribution in [2.24, 2.45) is 0 Å². The van der Waals surface area contributed by atoms with Gasteiger partial charge in [-0.2, -0.15) is 0 Å². The summed E-state index contributed by atoms with van der Waals surface area (Å²) < 4.78 is 44.5. The van der Waals surface area contributed by atoms with Gasteiger partial charge in [-0.1, -0.05) is 19.6 Å². The number of carbonyl (C=O) groups is 1. The van der Waals surface area contributed by atoms with Crippen molar-refractivity contribution < 1.29 is 27.4 Å². The number of sulfonamides is 1. The fraction of sp³-hybridized carbons (Fsp3) is 0.273. The van der Waals surface area contributed by atoms with E-state index in [4.69, 9.17) is 4.74 Å². The zero-order chi connectivity index (χ0) is 22.5. The Morgan fingerprint density at radius 3 is 2.50 bits per heavy atom. The molecular formula is C22H24FN3O5S. The Bertz CT molecular complexity index is 1300. The van der Waals surface area contributed by atoms with Crippen LogP contribution in [0.5, 0.6) is 5.75 Å². The maximum Gasteiger partial charge on any atom is 0.260 e. The minimum Gasteiger partial charge on any atom is -0.494 e. The van der Waals surface area contributed by atoms with Crippen molar-refractivity contribution in [3.8, 4) is 5.75 Å². The van der Waals surface area contributed by atoms with Gasteiger partial charge < -0.3 is 14.7 Å². The van der Waals surface area contributed by atoms with Crippen LogP contribution in [0.25, 0.3) is 10.9 Å². The molecule has 1 aromatic heterocycles. The molecule has 1 unspecified atom stereocenters. The number of hydrogen-bond acceptors (Lipinski definition) is 6. The first kappa shape index (κ1) is 23.4. The quantitative estimate of drug-likeness (QED) is 0.627. The molecule has 32 heavy (non-hydrogen) atoms. The first-order chi connectivity index (χ1) is 14.6. The van der Waals surface area contributed by atoms with E-state index in [1.54, 1.807) is 12.1 Å². The van der Waals surface area contributed by atoms with Gasteiger partial charge in [0.2, 0.25) is 10.0 Å². The lowest BCUT2D eigenvalue weighted by Gasteiger charge is -2.25. The number of halogens is 1. The number of fused-ring (bicyclic) bond motifs is 2. The zero-order valence-electron chi connectivity index (χ0n) is 17.0. The monoisotopic (exact) mass is 461 g/mol. The summed E-state index contributed by atoms with van der Waals surface area (Å²) in [6.45, 7) is -0.0100. The molecule has 1 aliphatic heterocycles. The van der Waals surface area contributed by atoms with E-state index in [0.717, 1.165) is 10.6 Å². The van der Waals surface area contributed by atoms with Crippen molar-refractivity contribution in [2.75, 3.05) is 24.7 Å². The lowest BCUT2D eigenvalue weighted by atomic mass is 10.0. The molecule has 8 nitrogen and oxygen atoms in total. The molecule has 2 aromatic carbocycles. The number of aromatic nitrogens is 1. The molecule has 4 rings (SSSR count). The molecule has 0 saturated heterocycles. The molecule has 1 amide bonds. The van der Waals surface area contributed by atoms with E-state index in [0.29, 0.717) is 16.5 Å². The van der Waals surface area contributed by atoms with Gasteiger partial charge in [0.05, 0.1) is 24.6 Å². The molecule has 1 atom stereocenters. The maximum absolute atomic E-state index is 13.3. The average molecular weight is 462 g/mol. The van der Waals surface area contributed by atoms with Gasteiger partial charge in [0.15, 0.2) is 12.0 Å². The van der Waals surface area contributed by atoms with Crippen molar-refractivity contribution in [2.45, 2.75) is 20.2 Å². The molecule has 0 spiro atoms. The highest BCUT2D eigenvalue weighted by molar-refractivity contribution is 7.92. The summed E-state index contributed by atoms with van der Waals surface area (Å²) in [6.07, 6.45) is 1.10. The number of rotatable bonds is 5. The van der Waals surface area contributed by atoms with E-state index in [9.17, 15) is 22.7 Å². The fourth-order valence-corrected chi connectivity index (χ4v) is 4.33. The van der Waals surface area contributed by atoms with Gasteiger partial charge in [-0.05, 0) is 29.8 Å². The number of aliphatic hydroxyl groups excluding tert-OH is 1. The highest BCUT2D eigenvalue weighted by Crippen LogP contribution is 2.48. The fourth-order valence-electron chi connectivity index (χ4n) is 3.80. The minimum absolute atomic E-state index is 0. The van der Waals surface area contributed by atoms with E-state index in [2.05, 4.69) is 4.98 Å². The predicted molar refractivity (Wildman–Crippen MR) is 120 cm³/mol. The van der Waals surface area contributed by atoms with Crippen LogP contribution in [0.15, 0.2) is 42.6 Å². The third kappa shape index (κ3) is 3.65. The van der Waals surface area contributed by atoms with Gasteiger partial charge in [0.25, 0.3) is 5.91 Å². The smallest absolute Gasteiger partial charge is 0.260 e. The number of hydrogen-bond donors (Lipinski definition) is 1. The highest BCUT2D eigenvalue weighted by atomic mass is 32.2. The normalized spacial score (nSPS) is 15.5. The Labute approximate surface area is 185 Å². The molecule has 3 aromatic rings. The topological polar surface area (TPSA) is 100 Å². The van der Waals surface area contributed by atoms with E-state index in [-0.39, 0.29) is 36.5 Å². The van der Waals surface area contributed by atoms with Gasteiger partial charge in [-0.3, -0.25) is 14.1 Å². The standard InChI is InChI=1S/C21H20FN3O5S.CH4/c1-24(31(3,28)29)18-14-5-4-10-23-17(14)19(30-2)16-15(18)20(26)25(21(16)27)11-12-6-8-13(22)9-7-12;/h4-10,20,26H,11H2,1-3H3;1H4. The summed E-state index contributed by atoms with van der Waals surface area (Å²) in [4.78, 5) is 18.8. The average Bonchev–Trinajstić information content (AvgIpc) is 2.97. The molecule has 0 bridgehead atoms. The van der Waals surface area contributed by atoms with Crippen molar-refractivity contribution in [3.63, 3.8) is 0 Å². The Morgan fingerprint density at radius 2 is 1.91 bits per heavy atom. The van der Waals surface area contributed by atoms with E-state index < -0.39 is 28.0 Å². The lowest BCUT2D eigenvalue weighted by molar-refractivity contribution is 0.0140. The van der Waals surface area contributed by atoms with Crippen molar-refractivity contribution in [1.82, 2.24) is 9.88 Å². The number of pyridine rings is 1. The summed E-state index contributed by atoms with van der Waals surface area (Å²) in [7, 11) is -0.997. The van der Waals surface area contributed by atoms with Crippen LogP contribution in [0.3, 0.4) is 0 Å². The number of benzene rings is 2. The number of nitrogens with zero attached hydrogens (tertiary/aromatic N) is 3. The number of carbonyl (C=O) groups excluding carboxylic acids is 1. The van der Waals surface area contributed by atoms with Crippen LogP contribution in [-0.4, -0.2) is 49.7 Å². The second-order valence-electron chi connectivity index (χ2n) is 7.23. The summed E-state index contributed by atoms with van der Waals surface area (Å²) in [5, 5.41) is 11.6. The van der Waals surface area contributed by atoms with Crippen LogP contribution in [0, 0.1) is 5.82 Å². The molecule has 2 heterocycles. The Hall–Kier alpha value is -3.24. The summed E-state index contributed by atoms with van der Waals surface area (Å²) >= 11 is 0. The van der Waals surface area contributed by atoms with E-state index in [1.807, 2.05) is 0 Å². The van der Waals surface area contributed by atoms with Crippen molar-refractivity contribution in [1.29, 1.82) is 0 Å². The van der Waals surface area contributed by atoms with Gasteiger partial charge in [0.1, 0.15) is 11.3 Å². The van der Waals surface area contributed by atoms with Gasteiger partial charge in [-0.15, -0.1) is 0 Å². The Kier molecular flexibility index (Phi) is 6.12. The number of ether oxygens (including phenoxy) is 1. The third-order valence-corrected chi connectivity index (χ3v) is 6.52. The van der Waals surface area contributed by atoms with Gasteiger partial charge in [0, 0.05) is 30.7 Å². The first-order valence-electron chi connectivity index (χ1n) is 9.31. The summed E-state index contributed by atoms with van der Waals surface area (Å²) in [5.41, 5.74) is 1.23. The number of amides is 1. The predicted octanol–water partition coefficient (Wildman–Crippen LogP) is 3.06. The number of methoxy groups -OCH3 is 1. The summed E-state index contributed by atoms with van der Waals surface area (Å²) in [6, 6.07) is 8.83. The molecular weight excluding hydrogens is 437 g/mol. The molecule has 0 fully saturated rings. The molecule has 1 N–H and O–H groups in total. The molecule has 0 aliphatic carbocycles. The molecule has 0 radical (unpaired) electrons. The molecule has 170 valence electrons. The van der Waals surface area contributed by atoms with Crippen LogP contribution in [0.2, 0.25) is 0 Å². The van der Waals surface area contributed by atoms with Gasteiger partial charge in [-0.25, -0.2) is 12.8 Å². The largest absolute Gasteiger partial charge is 0.494 e. The third-order valence-electron chi connectivity index (χ3n) is 5.34. The van der Waals surface area contributed by atoms with Crippen LogP contribution in [0.1, 0.15) is 35.1 Å². The van der Waals surface area contributed by atoms with Crippen LogP contribution >= 0.6 is 0 Å². The number of anilines is 1. The zero-order valence-corrected chi connectivity index (χ0v) is 17.9. The maximum atomic E-state index is 13.3. The molecule has 1 aliphatic rings. The second kappa shape index (κ2) is 8.36. The van der Waals surface area contributed by atoms with Crippen molar-refractivity contribution >= 4 is 32.5 Å². The Morgan fingerprint density at radius 1 is 1.25 bits per heavy atom. The molecule has 10 heteroatoms. The summed E-state index contributed by atoms with van der Waals surface area (Å²) in [5.74, 6) is -0.808. The van der Waals surface area contributed by atoms with Crippen LogP contribution in [-0.2, 0) is 16.6 Å². The van der Waals surface area contributed by atoms with Crippen LogP contribution < -0.4 is 9.04 Å². The number of aliphatic hydroxyl groups is 1. The first-order valence-corrected chi connectivity index (χ1v) is 11.2. The highest BCUT2D eigenvalue weighted by Gasteiger charge is 2.43. The van der Waals surface area contributed by atoms with E-state index in [1.165, 1.54) is 49.5 Å². The minimum atomic E-state index is -3.73. The Balaban J connectivity index is 0.00000289. The van der Waals surface area contributed by atoms with Crippen LogP contribution in [0.4, 0.5) is 10.1 Å². The molecule has 0 saturated carbocycles. The van der Waals surface area contributed by atoms with Gasteiger partial charge >= 0.3 is 0 Å². The SMILES string of the molecule is C.COc1c2c(c(N(C)S(C)(=O)=O)c3cccnc13)C(O)N(Cc1ccc(F)cc1)C2=O. The second-order valence-corrected chi connectivity index (χ2v) is 9.25. The lowest BCUT2D eigenvalue weighted by Crippen LogP contribution is -2.29.